The Kier molecular flexibility index (Phi) is 6.48. The largest absolute Gasteiger partial charge is 0.287 e. The summed E-state index contributed by atoms with van der Waals surface area (Å²) >= 11 is 27.3. The van der Waals surface area contributed by atoms with Gasteiger partial charge in [0.05, 0.1) is 29.8 Å². The summed E-state index contributed by atoms with van der Waals surface area (Å²) in [6.07, 6.45) is 5.06. The smallest absolute Gasteiger partial charge is 0.216 e. The highest BCUT2D eigenvalue weighted by atomic mass is 35.5. The van der Waals surface area contributed by atoms with Crippen LogP contribution in [0.4, 0.5) is 10.0 Å². The monoisotopic (exact) mass is 696 g/mol. The van der Waals surface area contributed by atoms with Gasteiger partial charge in [0, 0.05) is 27.0 Å². The van der Waals surface area contributed by atoms with Crippen LogP contribution >= 0.6 is 69.1 Å². The van der Waals surface area contributed by atoms with E-state index in [1.807, 2.05) is 12.1 Å². The molecule has 6 nitrogen and oxygen atoms in total. The predicted molar refractivity (Wildman–Crippen MR) is 180 cm³/mol. The molecule has 218 valence electrons. The van der Waals surface area contributed by atoms with Crippen LogP contribution in [-0.2, 0) is 5.41 Å². The zero-order chi connectivity index (χ0) is 30.7. The Balaban J connectivity index is 1.31. The van der Waals surface area contributed by atoms with Crippen molar-refractivity contribution < 1.29 is 0 Å². The molecule has 0 bridgehead atoms. The van der Waals surface area contributed by atoms with Crippen molar-refractivity contribution >= 4 is 101 Å². The molecule has 4 aromatic carbocycles. The number of nitrogens with zero attached hydrogens (tertiary/aromatic N) is 2. The zero-order valence-corrected chi connectivity index (χ0v) is 27.0. The second kappa shape index (κ2) is 10.0. The Bertz CT molecular complexity index is 2290. The Morgan fingerprint density at radius 3 is 1.20 bits per heavy atom. The molecule has 0 N–H and O–H groups in total. The van der Waals surface area contributed by atoms with E-state index in [-0.39, 0.29) is 57.8 Å². The van der Waals surface area contributed by atoms with Crippen molar-refractivity contribution in [1.29, 1.82) is 0 Å². The van der Waals surface area contributed by atoms with Gasteiger partial charge in [-0.3, -0.25) is 19.2 Å². The van der Waals surface area contributed by atoms with Gasteiger partial charge in [0.25, 0.3) is 0 Å². The molecular formula is C32H16Cl4N2O4S2. The molecule has 0 amide bonds. The van der Waals surface area contributed by atoms with Crippen LogP contribution in [0, 0.1) is 0 Å². The van der Waals surface area contributed by atoms with Crippen LogP contribution in [0.3, 0.4) is 0 Å². The van der Waals surface area contributed by atoms with E-state index in [4.69, 9.17) is 46.4 Å². The number of hydrogen-bond acceptors (Lipinski definition) is 8. The predicted octanol–water partition coefficient (Wildman–Crippen LogP) is 7.62. The fourth-order valence-corrected chi connectivity index (χ4v) is 9.82. The maximum atomic E-state index is 13.2. The van der Waals surface area contributed by atoms with Crippen molar-refractivity contribution in [3.8, 4) is 9.75 Å². The Hall–Kier alpha value is -2.98. The summed E-state index contributed by atoms with van der Waals surface area (Å²) in [7, 11) is 0. The Labute approximate surface area is 275 Å². The minimum atomic E-state index is -0.478. The summed E-state index contributed by atoms with van der Waals surface area (Å²) in [5, 5.41) is 2.37. The van der Waals surface area contributed by atoms with Crippen LogP contribution in [0.5, 0.6) is 0 Å². The van der Waals surface area contributed by atoms with Gasteiger partial charge in [0.1, 0.15) is 10.0 Å². The van der Waals surface area contributed by atoms with Crippen LogP contribution in [0.1, 0.15) is 43.2 Å². The number of thiophene rings is 2. The normalized spacial score (nSPS) is 15.4. The fraction of sp³-hybridized carbons (Fsp3) is 0.188. The molecule has 2 aromatic heterocycles. The standard InChI is InChI=1S/C32H16Cl4N2O4S2/c33-18-6-12-13(7-19(18)34)27(40)24(26(12)39)37-22-10-16-30(43-22)31-17(32(16)4-2-1-3-5-32)11-23(44-31)38-25-28(41)14-8-20(35)21(36)9-15(14)29(25)42/h6-11H,1-5H2. The highest BCUT2D eigenvalue weighted by Gasteiger charge is 2.46. The average molecular weight is 698 g/mol. The average Bonchev–Trinajstić information content (AvgIpc) is 3.77. The molecule has 0 aliphatic heterocycles. The van der Waals surface area contributed by atoms with Crippen LogP contribution in [0.2, 0.25) is 20.1 Å². The minimum absolute atomic E-state index is 0.160. The SMILES string of the molecule is O=c1c(=Nc2cc3c(s2)-c2sc(N=c4c(=O)c5cc(Cl)c(Cl)cc5c4=O)cc2C32CCCCC2)c(=O)c2cc(Cl)c(Cl)cc12. The summed E-state index contributed by atoms with van der Waals surface area (Å²) in [6.45, 7) is 0. The van der Waals surface area contributed by atoms with E-state index in [1.165, 1.54) is 46.9 Å². The van der Waals surface area contributed by atoms with Crippen LogP contribution in [-0.4, -0.2) is 0 Å². The molecule has 2 aliphatic rings. The molecule has 6 aromatic rings. The fourth-order valence-electron chi connectivity index (χ4n) is 6.74. The molecule has 8 rings (SSSR count). The van der Waals surface area contributed by atoms with Crippen LogP contribution in [0.15, 0.2) is 65.6 Å². The molecule has 2 heterocycles. The molecule has 0 saturated heterocycles. The van der Waals surface area contributed by atoms with Crippen molar-refractivity contribution in [2.45, 2.75) is 37.5 Å². The highest BCUT2D eigenvalue weighted by molar-refractivity contribution is 7.26. The van der Waals surface area contributed by atoms with Crippen molar-refractivity contribution in [2.75, 3.05) is 0 Å². The van der Waals surface area contributed by atoms with Gasteiger partial charge < -0.3 is 0 Å². The summed E-state index contributed by atoms with van der Waals surface area (Å²) < 4.78 is 0. The minimum Gasteiger partial charge on any atom is -0.287 e. The van der Waals surface area contributed by atoms with Crippen molar-refractivity contribution in [1.82, 2.24) is 0 Å². The van der Waals surface area contributed by atoms with Crippen molar-refractivity contribution in [3.05, 3.63) is 119 Å². The third kappa shape index (κ3) is 3.98. The van der Waals surface area contributed by atoms with Crippen molar-refractivity contribution in [3.63, 3.8) is 0 Å². The van der Waals surface area contributed by atoms with E-state index in [9.17, 15) is 19.2 Å². The number of fused-ring (bicyclic) bond motifs is 7. The Morgan fingerprint density at radius 2 is 0.864 bits per heavy atom. The third-order valence-electron chi connectivity index (χ3n) is 8.79. The molecule has 0 atom stereocenters. The van der Waals surface area contributed by atoms with Gasteiger partial charge in [-0.15, -0.1) is 22.7 Å². The van der Waals surface area contributed by atoms with Gasteiger partial charge in [-0.25, -0.2) is 9.98 Å². The molecule has 44 heavy (non-hydrogen) atoms. The topological polar surface area (TPSA) is 93.0 Å². The maximum Gasteiger partial charge on any atom is 0.216 e. The van der Waals surface area contributed by atoms with Gasteiger partial charge in [0.2, 0.25) is 21.7 Å². The lowest BCUT2D eigenvalue weighted by molar-refractivity contribution is 0.353. The second-order valence-electron chi connectivity index (χ2n) is 11.2. The van der Waals surface area contributed by atoms with Gasteiger partial charge in [-0.1, -0.05) is 65.7 Å². The molecular weight excluding hydrogens is 682 g/mol. The van der Waals surface area contributed by atoms with E-state index in [1.54, 1.807) is 0 Å². The summed E-state index contributed by atoms with van der Waals surface area (Å²) in [4.78, 5) is 63.8. The first-order valence-corrected chi connectivity index (χ1v) is 16.8. The number of rotatable bonds is 2. The van der Waals surface area contributed by atoms with E-state index >= 15 is 0 Å². The van der Waals surface area contributed by atoms with E-state index in [2.05, 4.69) is 9.98 Å². The molecule has 1 spiro atoms. The van der Waals surface area contributed by atoms with Crippen LogP contribution in [0.25, 0.3) is 31.3 Å². The summed E-state index contributed by atoms with van der Waals surface area (Å²) in [6, 6.07) is 9.64. The van der Waals surface area contributed by atoms with Crippen molar-refractivity contribution in [2.24, 2.45) is 9.98 Å². The third-order valence-corrected chi connectivity index (χ3v) is 12.5. The first-order valence-electron chi connectivity index (χ1n) is 13.7. The summed E-state index contributed by atoms with van der Waals surface area (Å²) in [5.41, 5.74) is 0.0841. The van der Waals surface area contributed by atoms with E-state index in [0.29, 0.717) is 10.0 Å². The lowest BCUT2D eigenvalue weighted by atomic mass is 9.68. The molecule has 1 saturated carbocycles. The lowest BCUT2D eigenvalue weighted by Gasteiger charge is -2.34. The summed E-state index contributed by atoms with van der Waals surface area (Å²) in [5.74, 6) is 0. The quantitative estimate of drug-likeness (QED) is 0.186. The van der Waals surface area contributed by atoms with Gasteiger partial charge in [-0.2, -0.15) is 0 Å². The van der Waals surface area contributed by atoms with Crippen LogP contribution < -0.4 is 32.4 Å². The molecule has 0 radical (unpaired) electrons. The van der Waals surface area contributed by atoms with E-state index < -0.39 is 21.7 Å². The molecule has 12 heteroatoms. The maximum absolute atomic E-state index is 13.2. The van der Waals surface area contributed by atoms with Gasteiger partial charge in [-0.05, 0) is 60.4 Å². The number of hydrogen-bond donors (Lipinski definition) is 0. The van der Waals surface area contributed by atoms with E-state index in [0.717, 1.165) is 53.0 Å². The van der Waals surface area contributed by atoms with Gasteiger partial charge >= 0.3 is 0 Å². The molecule has 1 fully saturated rings. The Morgan fingerprint density at radius 1 is 0.523 bits per heavy atom. The second-order valence-corrected chi connectivity index (χ2v) is 14.8. The molecule has 2 aliphatic carbocycles. The zero-order valence-electron chi connectivity index (χ0n) is 22.4. The van der Waals surface area contributed by atoms with Gasteiger partial charge in [0.15, 0.2) is 10.7 Å². The lowest BCUT2D eigenvalue weighted by Crippen LogP contribution is -2.31. The first-order chi connectivity index (χ1) is 21.1. The first kappa shape index (κ1) is 28.5. The highest BCUT2D eigenvalue weighted by Crippen LogP contribution is 2.62. The number of benzene rings is 2. The molecule has 0 unspecified atom stereocenters. The number of halogens is 4.